The van der Waals surface area contributed by atoms with Crippen molar-refractivity contribution in [3.63, 3.8) is 0 Å². The largest absolute Gasteiger partial charge is 0.481 e. The molecule has 1 aliphatic rings. The van der Waals surface area contributed by atoms with E-state index in [1.165, 1.54) is 4.90 Å². The van der Waals surface area contributed by atoms with Crippen LogP contribution >= 0.6 is 0 Å². The van der Waals surface area contributed by atoms with Crippen molar-refractivity contribution < 1.29 is 23.1 Å². The maximum atomic E-state index is 12.9. The van der Waals surface area contributed by atoms with Crippen molar-refractivity contribution in [2.45, 2.75) is 51.4 Å². The van der Waals surface area contributed by atoms with Gasteiger partial charge < -0.3 is 5.11 Å². The third-order valence-corrected chi connectivity index (χ3v) is 3.31. The fraction of sp³-hybridized carbons (Fsp3) is 0.909. The summed E-state index contributed by atoms with van der Waals surface area (Å²) in [5.41, 5.74) is 0. The highest BCUT2D eigenvalue weighted by Gasteiger charge is 2.47. The smallest absolute Gasteiger partial charge is 0.404 e. The molecule has 0 aromatic rings. The van der Waals surface area contributed by atoms with E-state index >= 15 is 0 Å². The highest BCUT2D eigenvalue weighted by Crippen LogP contribution is 2.33. The van der Waals surface area contributed by atoms with Crippen molar-refractivity contribution in [3.05, 3.63) is 0 Å². The second-order valence-electron chi connectivity index (χ2n) is 4.88. The van der Waals surface area contributed by atoms with Gasteiger partial charge in [-0.1, -0.05) is 6.92 Å². The fourth-order valence-electron chi connectivity index (χ4n) is 2.34. The molecule has 3 nitrogen and oxygen atoms in total. The highest BCUT2D eigenvalue weighted by molar-refractivity contribution is 5.67. The lowest BCUT2D eigenvalue weighted by Crippen LogP contribution is -2.54. The van der Waals surface area contributed by atoms with Crippen LogP contribution in [-0.4, -0.2) is 40.8 Å². The molecular weight excluding hydrogens is 235 g/mol. The van der Waals surface area contributed by atoms with Crippen molar-refractivity contribution >= 4 is 5.97 Å². The molecule has 1 aliphatic heterocycles. The van der Waals surface area contributed by atoms with Crippen molar-refractivity contribution in [1.29, 1.82) is 0 Å². The van der Waals surface area contributed by atoms with Crippen LogP contribution in [0.15, 0.2) is 0 Å². The molecule has 0 aromatic carbocycles. The first-order chi connectivity index (χ1) is 7.71. The molecule has 0 spiro atoms. The van der Waals surface area contributed by atoms with Crippen LogP contribution in [0.25, 0.3) is 0 Å². The average molecular weight is 253 g/mol. The Morgan fingerprint density at radius 2 is 2.00 bits per heavy atom. The molecule has 3 unspecified atom stereocenters. The number of likely N-dealkylation sites (tertiary alicyclic amines) is 1. The molecule has 1 heterocycles. The van der Waals surface area contributed by atoms with Crippen LogP contribution in [0.1, 0.15) is 33.1 Å². The van der Waals surface area contributed by atoms with Crippen LogP contribution in [0.3, 0.4) is 0 Å². The molecule has 0 aromatic heterocycles. The Morgan fingerprint density at radius 1 is 1.41 bits per heavy atom. The van der Waals surface area contributed by atoms with E-state index in [0.29, 0.717) is 13.0 Å². The Balaban J connectivity index is 2.84. The van der Waals surface area contributed by atoms with E-state index in [4.69, 9.17) is 5.11 Å². The van der Waals surface area contributed by atoms with E-state index in [9.17, 15) is 18.0 Å². The molecule has 1 fully saturated rings. The zero-order valence-electron chi connectivity index (χ0n) is 10.00. The lowest BCUT2D eigenvalue weighted by molar-refractivity contribution is -0.199. The van der Waals surface area contributed by atoms with Gasteiger partial charge in [0.2, 0.25) is 0 Å². The number of carbonyl (C=O) groups is 1. The first-order valence-corrected chi connectivity index (χ1v) is 5.76. The van der Waals surface area contributed by atoms with Crippen LogP contribution in [0.4, 0.5) is 13.2 Å². The molecule has 1 N–H and O–H groups in total. The molecule has 0 radical (unpaired) electrons. The minimum absolute atomic E-state index is 0.185. The summed E-state index contributed by atoms with van der Waals surface area (Å²) in [5, 5.41) is 8.60. The minimum Gasteiger partial charge on any atom is -0.481 e. The van der Waals surface area contributed by atoms with Crippen LogP contribution in [0.2, 0.25) is 0 Å². The summed E-state index contributed by atoms with van der Waals surface area (Å²) in [7, 11) is 0. The Hall–Kier alpha value is -0.780. The summed E-state index contributed by atoms with van der Waals surface area (Å²) in [6, 6.07) is -2.07. The summed E-state index contributed by atoms with van der Waals surface area (Å²) in [5.74, 6) is -1.22. The summed E-state index contributed by atoms with van der Waals surface area (Å²) in [6.45, 7) is 3.94. The SMILES string of the molecule is CC1CCC(C)N(C(CC(=O)O)C(F)(F)F)C1. The summed E-state index contributed by atoms with van der Waals surface area (Å²) in [4.78, 5) is 11.9. The maximum Gasteiger partial charge on any atom is 0.404 e. The first-order valence-electron chi connectivity index (χ1n) is 5.76. The minimum atomic E-state index is -4.48. The zero-order valence-corrected chi connectivity index (χ0v) is 10.00. The maximum absolute atomic E-state index is 12.9. The number of carboxylic acids is 1. The van der Waals surface area contributed by atoms with Gasteiger partial charge in [0.15, 0.2) is 0 Å². The number of rotatable bonds is 3. The van der Waals surface area contributed by atoms with E-state index in [-0.39, 0.29) is 12.0 Å². The van der Waals surface area contributed by atoms with Gasteiger partial charge in [0.1, 0.15) is 6.04 Å². The normalized spacial score (nSPS) is 29.0. The summed E-state index contributed by atoms with van der Waals surface area (Å²) < 4.78 is 38.6. The second-order valence-corrected chi connectivity index (χ2v) is 4.88. The quantitative estimate of drug-likeness (QED) is 0.840. The van der Waals surface area contributed by atoms with E-state index in [1.807, 2.05) is 6.92 Å². The Morgan fingerprint density at radius 3 is 2.47 bits per heavy atom. The van der Waals surface area contributed by atoms with Crippen LogP contribution in [-0.2, 0) is 4.79 Å². The highest BCUT2D eigenvalue weighted by atomic mass is 19.4. The second kappa shape index (κ2) is 5.25. The van der Waals surface area contributed by atoms with E-state index in [0.717, 1.165) is 6.42 Å². The Kier molecular flexibility index (Phi) is 4.41. The van der Waals surface area contributed by atoms with Crippen molar-refractivity contribution in [3.8, 4) is 0 Å². The average Bonchev–Trinajstić information content (AvgIpc) is 2.16. The number of nitrogens with zero attached hydrogens (tertiary/aromatic N) is 1. The van der Waals surface area contributed by atoms with E-state index in [1.54, 1.807) is 6.92 Å². The van der Waals surface area contributed by atoms with Crippen LogP contribution in [0.5, 0.6) is 0 Å². The van der Waals surface area contributed by atoms with Gasteiger partial charge in [-0.2, -0.15) is 13.2 Å². The third kappa shape index (κ3) is 3.87. The third-order valence-electron chi connectivity index (χ3n) is 3.31. The van der Waals surface area contributed by atoms with Gasteiger partial charge >= 0.3 is 12.1 Å². The molecule has 6 heteroatoms. The monoisotopic (exact) mass is 253 g/mol. The van der Waals surface area contributed by atoms with Crippen LogP contribution < -0.4 is 0 Å². The number of halogens is 3. The Labute approximate surface area is 98.6 Å². The Bertz CT molecular complexity index is 280. The van der Waals surface area contributed by atoms with Gasteiger partial charge in [-0.3, -0.25) is 9.69 Å². The van der Waals surface area contributed by atoms with Gasteiger partial charge in [-0.15, -0.1) is 0 Å². The van der Waals surface area contributed by atoms with Crippen molar-refractivity contribution in [1.82, 2.24) is 4.90 Å². The lowest BCUT2D eigenvalue weighted by atomic mass is 9.92. The number of aliphatic carboxylic acids is 1. The predicted octanol–water partition coefficient (Wildman–Crippen LogP) is 2.51. The van der Waals surface area contributed by atoms with Gasteiger partial charge in [0, 0.05) is 12.6 Å². The topological polar surface area (TPSA) is 40.5 Å². The first kappa shape index (κ1) is 14.3. The number of hydrogen-bond donors (Lipinski definition) is 1. The molecule has 17 heavy (non-hydrogen) atoms. The number of carboxylic acid groups (broad SMARTS) is 1. The van der Waals surface area contributed by atoms with E-state index < -0.39 is 24.6 Å². The van der Waals surface area contributed by atoms with E-state index in [2.05, 4.69) is 0 Å². The van der Waals surface area contributed by atoms with Gasteiger partial charge in [0.25, 0.3) is 0 Å². The summed E-state index contributed by atoms with van der Waals surface area (Å²) >= 11 is 0. The number of alkyl halides is 3. The summed E-state index contributed by atoms with van der Waals surface area (Å²) in [6.07, 6.45) is -3.77. The fourth-order valence-corrected chi connectivity index (χ4v) is 2.34. The van der Waals surface area contributed by atoms with Crippen molar-refractivity contribution in [2.75, 3.05) is 6.54 Å². The number of hydrogen-bond acceptors (Lipinski definition) is 2. The molecule has 0 aliphatic carbocycles. The molecule has 0 amide bonds. The molecule has 0 bridgehead atoms. The zero-order chi connectivity index (χ0) is 13.2. The molecule has 100 valence electrons. The molecular formula is C11H18F3NO2. The van der Waals surface area contributed by atoms with Crippen molar-refractivity contribution in [2.24, 2.45) is 5.92 Å². The van der Waals surface area contributed by atoms with Gasteiger partial charge in [0.05, 0.1) is 6.42 Å². The molecule has 1 saturated heterocycles. The van der Waals surface area contributed by atoms with Gasteiger partial charge in [-0.05, 0) is 25.7 Å². The predicted molar refractivity (Wildman–Crippen MR) is 56.7 cm³/mol. The molecule has 0 saturated carbocycles. The number of piperidine rings is 1. The molecule has 1 rings (SSSR count). The standard InChI is InChI=1S/C11H18F3NO2/c1-7-3-4-8(2)15(6-7)9(5-10(16)17)11(12,13)14/h7-9H,3-6H2,1-2H3,(H,16,17). The van der Waals surface area contributed by atoms with Gasteiger partial charge in [-0.25, -0.2) is 0 Å². The lowest BCUT2D eigenvalue weighted by Gasteiger charge is -2.42. The molecule has 3 atom stereocenters. The van der Waals surface area contributed by atoms with Crippen LogP contribution in [0, 0.1) is 5.92 Å².